The average Bonchev–Trinajstić information content (AvgIpc) is 3.02. The molecule has 0 aromatic heterocycles. The van der Waals surface area contributed by atoms with Crippen LogP contribution in [0.5, 0.6) is 23.0 Å². The van der Waals surface area contributed by atoms with Crippen LogP contribution in [0, 0.1) is 0 Å². The Bertz CT molecular complexity index is 743. The predicted molar refractivity (Wildman–Crippen MR) is 78.0 cm³/mol. The van der Waals surface area contributed by atoms with Crippen LogP contribution in [0.3, 0.4) is 0 Å². The summed E-state index contributed by atoms with van der Waals surface area (Å²) >= 11 is 0. The number of fused-ring (bicyclic) bond motifs is 2. The molecule has 0 radical (unpaired) electrons. The van der Waals surface area contributed by atoms with Gasteiger partial charge in [0.05, 0.1) is 5.56 Å². The van der Waals surface area contributed by atoms with Crippen LogP contribution in [-0.2, 0) is 0 Å². The van der Waals surface area contributed by atoms with Gasteiger partial charge in [-0.15, -0.1) is 0 Å². The predicted octanol–water partition coefficient (Wildman–Crippen LogP) is 2.44. The molecule has 2 aliphatic rings. The largest absolute Gasteiger partial charge is 0.486 e. The van der Waals surface area contributed by atoms with Crippen LogP contribution in [0.4, 0.5) is 5.69 Å². The molecule has 1 N–H and O–H groups in total. The Balaban J connectivity index is 1.60. The summed E-state index contributed by atoms with van der Waals surface area (Å²) in [5, 5.41) is 2.83. The zero-order valence-corrected chi connectivity index (χ0v) is 11.6. The van der Waals surface area contributed by atoms with E-state index in [-0.39, 0.29) is 12.7 Å². The molecule has 0 spiro atoms. The van der Waals surface area contributed by atoms with Gasteiger partial charge in [0.15, 0.2) is 23.0 Å². The van der Waals surface area contributed by atoms with Gasteiger partial charge >= 0.3 is 0 Å². The Kier molecular flexibility index (Phi) is 3.00. The topological polar surface area (TPSA) is 66.0 Å². The molecular weight excluding hydrogens is 286 g/mol. The summed E-state index contributed by atoms with van der Waals surface area (Å²) in [7, 11) is 0. The Hall–Kier alpha value is -2.89. The summed E-state index contributed by atoms with van der Waals surface area (Å²) in [5.41, 5.74) is 1.07. The molecule has 0 saturated heterocycles. The van der Waals surface area contributed by atoms with E-state index in [1.165, 1.54) is 0 Å². The fraction of sp³-hybridized carbons (Fsp3) is 0.188. The van der Waals surface area contributed by atoms with Crippen LogP contribution in [-0.4, -0.2) is 25.9 Å². The highest BCUT2D eigenvalue weighted by Gasteiger charge is 2.21. The van der Waals surface area contributed by atoms with E-state index in [0.29, 0.717) is 47.5 Å². The van der Waals surface area contributed by atoms with Gasteiger partial charge in [0, 0.05) is 11.8 Å². The fourth-order valence-electron chi connectivity index (χ4n) is 2.43. The lowest BCUT2D eigenvalue weighted by atomic mass is 10.1. The van der Waals surface area contributed by atoms with Crippen molar-refractivity contribution < 1.29 is 23.7 Å². The third kappa shape index (κ3) is 2.18. The van der Waals surface area contributed by atoms with Crippen LogP contribution in [0.15, 0.2) is 36.4 Å². The Morgan fingerprint density at radius 2 is 1.77 bits per heavy atom. The van der Waals surface area contributed by atoms with Gasteiger partial charge in [-0.1, -0.05) is 6.07 Å². The molecule has 112 valence electrons. The second-order valence-corrected chi connectivity index (χ2v) is 4.85. The molecule has 6 nitrogen and oxygen atoms in total. The van der Waals surface area contributed by atoms with Gasteiger partial charge in [-0.25, -0.2) is 0 Å². The van der Waals surface area contributed by atoms with Crippen molar-refractivity contribution in [3.05, 3.63) is 42.0 Å². The van der Waals surface area contributed by atoms with Gasteiger partial charge in [-0.2, -0.15) is 0 Å². The van der Waals surface area contributed by atoms with E-state index in [9.17, 15) is 4.79 Å². The fourth-order valence-corrected chi connectivity index (χ4v) is 2.43. The maximum atomic E-state index is 12.5. The maximum absolute atomic E-state index is 12.5. The lowest BCUT2D eigenvalue weighted by molar-refractivity contribution is 0.101. The number of carbonyl (C=O) groups is 1. The lowest BCUT2D eigenvalue weighted by Crippen LogP contribution is -2.20. The molecule has 1 amide bonds. The van der Waals surface area contributed by atoms with E-state index in [1.54, 1.807) is 36.4 Å². The standard InChI is InChI=1S/C16H13NO5/c18-16(11-2-1-3-13-15(11)20-7-6-19-13)17-10-4-5-12-14(8-10)22-9-21-12/h1-5,8H,6-7,9H2,(H,17,18). The van der Waals surface area contributed by atoms with Crippen molar-refractivity contribution in [3.63, 3.8) is 0 Å². The first-order valence-corrected chi connectivity index (χ1v) is 6.91. The third-order valence-corrected chi connectivity index (χ3v) is 3.44. The number of rotatable bonds is 2. The molecule has 0 unspecified atom stereocenters. The molecule has 6 heteroatoms. The number of carbonyl (C=O) groups excluding carboxylic acids is 1. The number of hydrogen-bond acceptors (Lipinski definition) is 5. The van der Waals surface area contributed by atoms with E-state index in [0.717, 1.165) is 0 Å². The van der Waals surface area contributed by atoms with Gasteiger partial charge in [-0.05, 0) is 24.3 Å². The summed E-state index contributed by atoms with van der Waals surface area (Å²) < 4.78 is 21.6. The summed E-state index contributed by atoms with van der Waals surface area (Å²) in [5.74, 6) is 2.09. The maximum Gasteiger partial charge on any atom is 0.259 e. The second-order valence-electron chi connectivity index (χ2n) is 4.85. The number of hydrogen-bond donors (Lipinski definition) is 1. The molecule has 22 heavy (non-hydrogen) atoms. The quantitative estimate of drug-likeness (QED) is 0.922. The number of nitrogens with one attached hydrogen (secondary N) is 1. The number of anilines is 1. The Morgan fingerprint density at radius 1 is 0.909 bits per heavy atom. The van der Waals surface area contributed by atoms with Gasteiger partial charge in [0.1, 0.15) is 13.2 Å². The molecule has 0 atom stereocenters. The van der Waals surface area contributed by atoms with Crippen molar-refractivity contribution >= 4 is 11.6 Å². The van der Waals surface area contributed by atoms with Crippen LogP contribution >= 0.6 is 0 Å². The van der Waals surface area contributed by atoms with Crippen molar-refractivity contribution in [3.8, 4) is 23.0 Å². The minimum Gasteiger partial charge on any atom is -0.486 e. The summed E-state index contributed by atoms with van der Waals surface area (Å²) in [6, 6.07) is 10.5. The zero-order chi connectivity index (χ0) is 14.9. The van der Waals surface area contributed by atoms with Gasteiger partial charge in [0.2, 0.25) is 6.79 Å². The Labute approximate surface area is 126 Å². The minimum atomic E-state index is -0.263. The van der Waals surface area contributed by atoms with Crippen molar-refractivity contribution in [1.82, 2.24) is 0 Å². The van der Waals surface area contributed by atoms with E-state index >= 15 is 0 Å². The van der Waals surface area contributed by atoms with Crippen LogP contribution in [0.2, 0.25) is 0 Å². The normalized spacial score (nSPS) is 14.5. The number of para-hydroxylation sites is 1. The van der Waals surface area contributed by atoms with Crippen molar-refractivity contribution in [1.29, 1.82) is 0 Å². The molecule has 0 aliphatic carbocycles. The molecular formula is C16H13NO5. The Morgan fingerprint density at radius 3 is 2.73 bits per heavy atom. The number of ether oxygens (including phenoxy) is 4. The molecule has 0 fully saturated rings. The van der Waals surface area contributed by atoms with Crippen LogP contribution < -0.4 is 24.3 Å². The highest BCUT2D eigenvalue weighted by molar-refractivity contribution is 6.06. The van der Waals surface area contributed by atoms with E-state index in [4.69, 9.17) is 18.9 Å². The van der Waals surface area contributed by atoms with E-state index in [2.05, 4.69) is 5.32 Å². The zero-order valence-electron chi connectivity index (χ0n) is 11.6. The van der Waals surface area contributed by atoms with Crippen LogP contribution in [0.25, 0.3) is 0 Å². The smallest absolute Gasteiger partial charge is 0.259 e. The van der Waals surface area contributed by atoms with Crippen LogP contribution in [0.1, 0.15) is 10.4 Å². The molecule has 0 saturated carbocycles. The molecule has 2 heterocycles. The monoisotopic (exact) mass is 299 g/mol. The summed E-state index contributed by atoms with van der Waals surface area (Å²) in [6.45, 7) is 1.12. The van der Waals surface area contributed by atoms with Crippen molar-refractivity contribution in [2.24, 2.45) is 0 Å². The SMILES string of the molecule is O=C(Nc1ccc2c(c1)OCO2)c1cccc2c1OCCO2. The first-order chi connectivity index (χ1) is 10.8. The first-order valence-electron chi connectivity index (χ1n) is 6.91. The van der Waals surface area contributed by atoms with Gasteiger partial charge in [0.25, 0.3) is 5.91 Å². The highest BCUT2D eigenvalue weighted by Crippen LogP contribution is 2.36. The molecule has 0 bridgehead atoms. The lowest BCUT2D eigenvalue weighted by Gasteiger charge is -2.20. The van der Waals surface area contributed by atoms with Crippen molar-refractivity contribution in [2.45, 2.75) is 0 Å². The van der Waals surface area contributed by atoms with E-state index in [1.807, 2.05) is 0 Å². The summed E-state index contributed by atoms with van der Waals surface area (Å²) in [6.07, 6.45) is 0. The van der Waals surface area contributed by atoms with Crippen molar-refractivity contribution in [2.75, 3.05) is 25.3 Å². The molecule has 4 rings (SSSR count). The first kappa shape index (κ1) is 12.8. The number of amides is 1. The number of benzene rings is 2. The third-order valence-electron chi connectivity index (χ3n) is 3.44. The van der Waals surface area contributed by atoms with E-state index < -0.39 is 0 Å². The average molecular weight is 299 g/mol. The minimum absolute atomic E-state index is 0.199. The molecule has 2 aromatic rings. The van der Waals surface area contributed by atoms with Gasteiger partial charge < -0.3 is 24.3 Å². The second kappa shape index (κ2) is 5.14. The van der Waals surface area contributed by atoms with Gasteiger partial charge in [-0.3, -0.25) is 4.79 Å². The highest BCUT2D eigenvalue weighted by atomic mass is 16.7. The summed E-state index contributed by atoms with van der Waals surface area (Å²) in [4.78, 5) is 12.5. The molecule has 2 aromatic carbocycles. The molecule has 2 aliphatic heterocycles.